The highest BCUT2D eigenvalue weighted by atomic mass is 32.2. The molecule has 0 heterocycles. The summed E-state index contributed by atoms with van der Waals surface area (Å²) >= 11 is -0.255. The van der Waals surface area contributed by atoms with Crippen molar-refractivity contribution in [2.24, 2.45) is 0 Å². The van der Waals surface area contributed by atoms with Crippen LogP contribution in [0.25, 0.3) is 0 Å². The molecule has 14 heavy (non-hydrogen) atoms. The molecule has 1 aromatic rings. The molecule has 2 nitrogen and oxygen atoms in total. The third-order valence-electron chi connectivity index (χ3n) is 1.22. The van der Waals surface area contributed by atoms with E-state index in [-0.39, 0.29) is 28.9 Å². The highest BCUT2D eigenvalue weighted by molar-refractivity contribution is 8.00. The third-order valence-corrected chi connectivity index (χ3v) is 1.94. The Hall–Kier alpha value is -1.17. The molecule has 1 rings (SSSR count). The second kappa shape index (κ2) is 4.36. The normalized spacial score (nSPS) is 11.1. The van der Waals surface area contributed by atoms with Crippen LogP contribution in [0.3, 0.4) is 0 Å². The Morgan fingerprint density at radius 2 is 2.07 bits per heavy atom. The Labute approximate surface area is 82.1 Å². The van der Waals surface area contributed by atoms with E-state index in [1.807, 2.05) is 0 Å². The van der Waals surface area contributed by atoms with Gasteiger partial charge in [0.05, 0.1) is 0 Å². The summed E-state index contributed by atoms with van der Waals surface area (Å²) in [7, 11) is 0. The lowest BCUT2D eigenvalue weighted by atomic mass is 10.3. The molecular weight excluding hydrogens is 217 g/mol. The third kappa shape index (κ3) is 3.69. The van der Waals surface area contributed by atoms with E-state index < -0.39 is 5.51 Å². The number of halogens is 3. The van der Waals surface area contributed by atoms with Crippen LogP contribution in [0.1, 0.15) is 0 Å². The van der Waals surface area contributed by atoms with Crippen LogP contribution >= 0.6 is 11.8 Å². The van der Waals surface area contributed by atoms with Gasteiger partial charge in [0.25, 0.3) is 6.47 Å². The number of benzene rings is 1. The maximum atomic E-state index is 11.9. The van der Waals surface area contributed by atoms with Gasteiger partial charge in [-0.15, -0.1) is 0 Å². The number of alkyl halides is 3. The molecular formula is C8H5F3O2S. The first kappa shape index (κ1) is 10.9. The van der Waals surface area contributed by atoms with Crippen LogP contribution < -0.4 is 4.74 Å². The van der Waals surface area contributed by atoms with Gasteiger partial charge < -0.3 is 4.74 Å². The van der Waals surface area contributed by atoms with Gasteiger partial charge in [-0.2, -0.15) is 13.2 Å². The summed E-state index contributed by atoms with van der Waals surface area (Å²) < 4.78 is 40.1. The van der Waals surface area contributed by atoms with Gasteiger partial charge in [-0.3, -0.25) is 4.79 Å². The predicted molar refractivity (Wildman–Crippen MR) is 45.0 cm³/mol. The molecule has 0 atom stereocenters. The average molecular weight is 222 g/mol. The zero-order chi connectivity index (χ0) is 10.6. The zero-order valence-electron chi connectivity index (χ0n) is 6.75. The maximum Gasteiger partial charge on any atom is 0.446 e. The second-order valence-electron chi connectivity index (χ2n) is 2.24. The Balaban J connectivity index is 2.78. The van der Waals surface area contributed by atoms with Crippen LogP contribution in [0.5, 0.6) is 5.75 Å². The van der Waals surface area contributed by atoms with Crippen LogP contribution in [-0.2, 0) is 4.79 Å². The van der Waals surface area contributed by atoms with Crippen LogP contribution in [0.4, 0.5) is 13.2 Å². The minimum absolute atomic E-state index is 0.0168. The monoisotopic (exact) mass is 222 g/mol. The molecule has 0 spiro atoms. The van der Waals surface area contributed by atoms with Crippen LogP contribution in [-0.4, -0.2) is 12.0 Å². The summed E-state index contributed by atoms with van der Waals surface area (Å²) in [5.41, 5.74) is -4.33. The van der Waals surface area contributed by atoms with E-state index in [2.05, 4.69) is 4.74 Å². The standard InChI is InChI=1S/C8H5F3O2S/c9-8(10,11)14-7-3-1-2-6(4-7)13-5-12/h1-5H. The van der Waals surface area contributed by atoms with Gasteiger partial charge in [0.2, 0.25) is 0 Å². The molecule has 76 valence electrons. The first-order valence-corrected chi connectivity index (χ1v) is 4.29. The Kier molecular flexibility index (Phi) is 3.40. The fourth-order valence-electron chi connectivity index (χ4n) is 0.800. The minimum Gasteiger partial charge on any atom is -0.429 e. The molecule has 0 fully saturated rings. The van der Waals surface area contributed by atoms with Gasteiger partial charge in [-0.1, -0.05) is 6.07 Å². The Bertz CT molecular complexity index is 325. The summed E-state index contributed by atoms with van der Waals surface area (Å²) in [6.07, 6.45) is 0. The molecule has 0 unspecified atom stereocenters. The molecule has 0 saturated carbocycles. The number of rotatable bonds is 3. The van der Waals surface area contributed by atoms with Gasteiger partial charge in [-0.05, 0) is 30.0 Å². The summed E-state index contributed by atoms with van der Waals surface area (Å²) in [5.74, 6) is 0.0919. The van der Waals surface area contributed by atoms with E-state index >= 15 is 0 Å². The summed E-state index contributed by atoms with van der Waals surface area (Å²) in [4.78, 5) is 9.90. The van der Waals surface area contributed by atoms with Crippen molar-refractivity contribution in [3.63, 3.8) is 0 Å². The molecule has 0 aliphatic heterocycles. The van der Waals surface area contributed by atoms with Crippen LogP contribution in [0.2, 0.25) is 0 Å². The van der Waals surface area contributed by atoms with E-state index in [4.69, 9.17) is 0 Å². The molecule has 0 aliphatic carbocycles. The SMILES string of the molecule is O=COc1cccc(SC(F)(F)F)c1. The molecule has 0 aliphatic rings. The molecule has 0 saturated heterocycles. The number of carbonyl (C=O) groups excluding carboxylic acids is 1. The molecule has 0 N–H and O–H groups in total. The molecule has 0 bridgehead atoms. The quantitative estimate of drug-likeness (QED) is 0.581. The van der Waals surface area contributed by atoms with E-state index in [1.54, 1.807) is 0 Å². The largest absolute Gasteiger partial charge is 0.446 e. The Morgan fingerprint density at radius 1 is 1.36 bits per heavy atom. The molecule has 0 aromatic heterocycles. The fraction of sp³-hybridized carbons (Fsp3) is 0.125. The predicted octanol–water partition coefficient (Wildman–Crippen LogP) is 2.83. The van der Waals surface area contributed by atoms with Crippen molar-refractivity contribution in [2.75, 3.05) is 0 Å². The van der Waals surface area contributed by atoms with Crippen LogP contribution in [0, 0.1) is 0 Å². The number of carbonyl (C=O) groups is 1. The van der Waals surface area contributed by atoms with E-state index in [0.29, 0.717) is 0 Å². The average Bonchev–Trinajstić information content (AvgIpc) is 2.02. The summed E-state index contributed by atoms with van der Waals surface area (Å²) in [6, 6.07) is 5.21. The lowest BCUT2D eigenvalue weighted by molar-refractivity contribution is -0.120. The highest BCUT2D eigenvalue weighted by Crippen LogP contribution is 2.37. The molecule has 0 amide bonds. The first-order chi connectivity index (χ1) is 6.51. The van der Waals surface area contributed by atoms with Crippen molar-refractivity contribution >= 4 is 18.2 Å². The van der Waals surface area contributed by atoms with Crippen molar-refractivity contribution in [3.8, 4) is 5.75 Å². The first-order valence-electron chi connectivity index (χ1n) is 3.47. The van der Waals surface area contributed by atoms with Crippen molar-refractivity contribution < 1.29 is 22.7 Å². The topological polar surface area (TPSA) is 26.3 Å². The summed E-state index contributed by atoms with van der Waals surface area (Å²) in [5, 5.41) is 0. The lowest BCUT2D eigenvalue weighted by Crippen LogP contribution is -1.99. The van der Waals surface area contributed by atoms with E-state index in [1.165, 1.54) is 18.2 Å². The van der Waals surface area contributed by atoms with Gasteiger partial charge >= 0.3 is 5.51 Å². The fourth-order valence-corrected chi connectivity index (χ4v) is 1.39. The van der Waals surface area contributed by atoms with Gasteiger partial charge in [0, 0.05) is 4.90 Å². The number of hydrogen-bond acceptors (Lipinski definition) is 3. The molecule has 0 radical (unpaired) electrons. The maximum absolute atomic E-state index is 11.9. The van der Waals surface area contributed by atoms with Crippen molar-refractivity contribution in [3.05, 3.63) is 24.3 Å². The van der Waals surface area contributed by atoms with E-state index in [9.17, 15) is 18.0 Å². The molecule has 1 aromatic carbocycles. The molecule has 6 heteroatoms. The van der Waals surface area contributed by atoms with Crippen LogP contribution in [0.15, 0.2) is 29.2 Å². The zero-order valence-corrected chi connectivity index (χ0v) is 7.56. The summed E-state index contributed by atoms with van der Waals surface area (Å²) in [6.45, 7) is 0.164. The van der Waals surface area contributed by atoms with Crippen molar-refractivity contribution in [1.82, 2.24) is 0 Å². The lowest BCUT2D eigenvalue weighted by Gasteiger charge is -2.05. The van der Waals surface area contributed by atoms with Crippen molar-refractivity contribution in [2.45, 2.75) is 10.4 Å². The van der Waals surface area contributed by atoms with Gasteiger partial charge in [0.1, 0.15) is 5.75 Å². The second-order valence-corrected chi connectivity index (χ2v) is 3.38. The Morgan fingerprint density at radius 3 is 2.64 bits per heavy atom. The number of ether oxygens (including phenoxy) is 1. The van der Waals surface area contributed by atoms with E-state index in [0.717, 1.165) is 6.07 Å². The van der Waals surface area contributed by atoms with Gasteiger partial charge in [-0.25, -0.2) is 0 Å². The minimum atomic E-state index is -4.33. The number of hydrogen-bond donors (Lipinski definition) is 0. The van der Waals surface area contributed by atoms with Gasteiger partial charge in [0.15, 0.2) is 0 Å². The highest BCUT2D eigenvalue weighted by Gasteiger charge is 2.29. The van der Waals surface area contributed by atoms with Crippen molar-refractivity contribution in [1.29, 1.82) is 0 Å². The smallest absolute Gasteiger partial charge is 0.429 e. The number of thioether (sulfide) groups is 1.